The van der Waals surface area contributed by atoms with E-state index >= 15 is 0 Å². The summed E-state index contributed by atoms with van der Waals surface area (Å²) in [5.74, 6) is 1.18. The predicted octanol–water partition coefficient (Wildman–Crippen LogP) is 2.93. The van der Waals surface area contributed by atoms with E-state index in [1.54, 1.807) is 6.07 Å². The zero-order chi connectivity index (χ0) is 14.7. The maximum Gasteiger partial charge on any atom is 0.340 e. The minimum atomic E-state index is -0.374. The molecule has 4 heteroatoms. The highest BCUT2D eigenvalue weighted by atomic mass is 16.5. The quantitative estimate of drug-likeness (QED) is 0.681. The van der Waals surface area contributed by atoms with Gasteiger partial charge in [0.1, 0.15) is 0 Å². The second-order valence-corrected chi connectivity index (χ2v) is 5.83. The lowest BCUT2D eigenvalue weighted by molar-refractivity contribution is 0.0602. The number of benzene rings is 1. The van der Waals surface area contributed by atoms with E-state index in [1.165, 1.54) is 20.0 Å². The lowest BCUT2D eigenvalue weighted by Crippen LogP contribution is -2.35. The first-order valence-corrected chi connectivity index (χ1v) is 7.25. The Bertz CT molecular complexity index is 477. The van der Waals surface area contributed by atoms with E-state index in [4.69, 9.17) is 10.5 Å². The van der Waals surface area contributed by atoms with Crippen LogP contribution in [0.4, 0.5) is 11.4 Å². The van der Waals surface area contributed by atoms with Crippen LogP contribution >= 0.6 is 0 Å². The van der Waals surface area contributed by atoms with E-state index in [1.807, 2.05) is 12.1 Å². The summed E-state index contributed by atoms with van der Waals surface area (Å²) in [5, 5.41) is 0. The molecule has 1 aromatic rings. The summed E-state index contributed by atoms with van der Waals surface area (Å²) in [6.45, 7) is 6.65. The number of carbonyl (C=O) groups excluding carboxylic acids is 1. The van der Waals surface area contributed by atoms with Gasteiger partial charge in [0.05, 0.1) is 12.7 Å². The van der Waals surface area contributed by atoms with Crippen LogP contribution in [0.3, 0.4) is 0 Å². The van der Waals surface area contributed by atoms with Crippen molar-refractivity contribution in [3.8, 4) is 0 Å². The molecule has 0 radical (unpaired) electrons. The van der Waals surface area contributed by atoms with E-state index in [2.05, 4.69) is 18.7 Å². The van der Waals surface area contributed by atoms with Crippen molar-refractivity contribution in [3.05, 3.63) is 23.8 Å². The molecule has 1 aromatic carbocycles. The van der Waals surface area contributed by atoms with Crippen LogP contribution in [-0.2, 0) is 4.74 Å². The molecule has 0 bridgehead atoms. The molecule has 1 aliphatic heterocycles. The Morgan fingerprint density at radius 1 is 1.35 bits per heavy atom. The van der Waals surface area contributed by atoms with E-state index in [0.717, 1.165) is 30.6 Å². The zero-order valence-electron chi connectivity index (χ0n) is 12.6. The van der Waals surface area contributed by atoms with Gasteiger partial charge in [-0.2, -0.15) is 0 Å². The number of rotatable bonds is 3. The van der Waals surface area contributed by atoms with Gasteiger partial charge < -0.3 is 15.4 Å². The van der Waals surface area contributed by atoms with Gasteiger partial charge in [-0.1, -0.05) is 13.8 Å². The number of hydrogen-bond acceptors (Lipinski definition) is 4. The van der Waals surface area contributed by atoms with Crippen LogP contribution in [0.2, 0.25) is 0 Å². The fraction of sp³-hybridized carbons (Fsp3) is 0.562. The van der Waals surface area contributed by atoms with Crippen molar-refractivity contribution in [3.63, 3.8) is 0 Å². The molecule has 110 valence electrons. The maximum atomic E-state index is 11.7. The maximum absolute atomic E-state index is 11.7. The highest BCUT2D eigenvalue weighted by Crippen LogP contribution is 2.29. The molecule has 1 aliphatic rings. The number of nitrogens with two attached hydrogens (primary N) is 1. The van der Waals surface area contributed by atoms with E-state index in [-0.39, 0.29) is 5.97 Å². The van der Waals surface area contributed by atoms with Crippen molar-refractivity contribution in [2.75, 3.05) is 30.8 Å². The molecule has 0 saturated carbocycles. The molecule has 2 rings (SSSR count). The minimum absolute atomic E-state index is 0.374. The van der Waals surface area contributed by atoms with Crippen LogP contribution in [-0.4, -0.2) is 26.2 Å². The number of methoxy groups -OCH3 is 1. The van der Waals surface area contributed by atoms with Crippen molar-refractivity contribution >= 4 is 17.3 Å². The predicted molar refractivity (Wildman–Crippen MR) is 82.0 cm³/mol. The number of hydrogen-bond donors (Lipinski definition) is 1. The molecular weight excluding hydrogens is 252 g/mol. The number of nitrogens with zero attached hydrogens (tertiary/aromatic N) is 1. The Morgan fingerprint density at radius 2 is 2.00 bits per heavy atom. The summed E-state index contributed by atoms with van der Waals surface area (Å²) >= 11 is 0. The molecule has 20 heavy (non-hydrogen) atoms. The normalized spacial score (nSPS) is 16.5. The van der Waals surface area contributed by atoms with Crippen LogP contribution in [0.5, 0.6) is 0 Å². The highest BCUT2D eigenvalue weighted by molar-refractivity contribution is 5.96. The molecular formula is C16H24N2O2. The summed E-state index contributed by atoms with van der Waals surface area (Å²) < 4.78 is 4.77. The molecule has 0 unspecified atom stereocenters. The monoisotopic (exact) mass is 276 g/mol. The van der Waals surface area contributed by atoms with Gasteiger partial charge in [-0.3, -0.25) is 0 Å². The van der Waals surface area contributed by atoms with Crippen LogP contribution in [0.25, 0.3) is 0 Å². The van der Waals surface area contributed by atoms with Crippen molar-refractivity contribution in [1.29, 1.82) is 0 Å². The first-order chi connectivity index (χ1) is 9.52. The number of nitrogen functional groups attached to an aromatic ring is 1. The van der Waals surface area contributed by atoms with E-state index in [0.29, 0.717) is 11.3 Å². The molecule has 0 amide bonds. The average Bonchev–Trinajstić information content (AvgIpc) is 2.47. The van der Waals surface area contributed by atoms with Crippen LogP contribution < -0.4 is 10.6 Å². The van der Waals surface area contributed by atoms with Crippen LogP contribution in [0.1, 0.15) is 37.0 Å². The third kappa shape index (κ3) is 3.06. The molecule has 0 atom stereocenters. The molecule has 0 aliphatic carbocycles. The SMILES string of the molecule is COC(=O)c1cc(N2CCC(C(C)C)CC2)ccc1N. The zero-order valence-corrected chi connectivity index (χ0v) is 12.6. The van der Waals surface area contributed by atoms with Gasteiger partial charge in [-0.05, 0) is 42.9 Å². The van der Waals surface area contributed by atoms with Gasteiger partial charge in [-0.15, -0.1) is 0 Å². The Labute approximate surface area is 120 Å². The molecule has 1 saturated heterocycles. The second-order valence-electron chi connectivity index (χ2n) is 5.83. The summed E-state index contributed by atoms with van der Waals surface area (Å²) in [4.78, 5) is 14.0. The van der Waals surface area contributed by atoms with Crippen molar-refractivity contribution in [2.24, 2.45) is 11.8 Å². The molecule has 2 N–H and O–H groups in total. The van der Waals surface area contributed by atoms with Crippen molar-refractivity contribution in [1.82, 2.24) is 0 Å². The fourth-order valence-electron chi connectivity index (χ4n) is 2.85. The summed E-state index contributed by atoms with van der Waals surface area (Å²) in [6, 6.07) is 5.62. The number of carbonyl (C=O) groups is 1. The van der Waals surface area contributed by atoms with Crippen molar-refractivity contribution in [2.45, 2.75) is 26.7 Å². The minimum Gasteiger partial charge on any atom is -0.465 e. The Hall–Kier alpha value is -1.71. The van der Waals surface area contributed by atoms with Gasteiger partial charge in [0.2, 0.25) is 0 Å². The van der Waals surface area contributed by atoms with Gasteiger partial charge in [0.15, 0.2) is 0 Å². The molecule has 1 heterocycles. The van der Waals surface area contributed by atoms with Gasteiger partial charge in [0.25, 0.3) is 0 Å². The van der Waals surface area contributed by atoms with Gasteiger partial charge in [-0.25, -0.2) is 4.79 Å². The molecule has 0 aromatic heterocycles. The van der Waals surface area contributed by atoms with Gasteiger partial charge >= 0.3 is 5.97 Å². The standard InChI is InChI=1S/C16H24N2O2/c1-11(2)12-6-8-18(9-7-12)13-4-5-15(17)14(10-13)16(19)20-3/h4-5,10-12H,6-9,17H2,1-3H3. The highest BCUT2D eigenvalue weighted by Gasteiger charge is 2.22. The first kappa shape index (κ1) is 14.7. The lowest BCUT2D eigenvalue weighted by Gasteiger charge is -2.35. The molecule has 0 spiro atoms. The van der Waals surface area contributed by atoms with Crippen LogP contribution in [0, 0.1) is 11.8 Å². The number of ether oxygens (including phenoxy) is 1. The third-order valence-corrected chi connectivity index (χ3v) is 4.29. The van der Waals surface area contributed by atoms with Crippen molar-refractivity contribution < 1.29 is 9.53 Å². The van der Waals surface area contributed by atoms with Crippen LogP contribution in [0.15, 0.2) is 18.2 Å². The first-order valence-electron chi connectivity index (χ1n) is 7.25. The lowest BCUT2D eigenvalue weighted by atomic mass is 9.86. The summed E-state index contributed by atoms with van der Waals surface area (Å²) in [6.07, 6.45) is 2.41. The Morgan fingerprint density at radius 3 is 2.55 bits per heavy atom. The molecule has 1 fully saturated rings. The number of esters is 1. The van der Waals surface area contributed by atoms with Gasteiger partial charge in [0, 0.05) is 24.5 Å². The fourth-order valence-corrected chi connectivity index (χ4v) is 2.85. The Kier molecular flexibility index (Phi) is 4.53. The largest absolute Gasteiger partial charge is 0.465 e. The average molecular weight is 276 g/mol. The molecule has 4 nitrogen and oxygen atoms in total. The third-order valence-electron chi connectivity index (χ3n) is 4.29. The second kappa shape index (κ2) is 6.16. The number of anilines is 2. The van der Waals surface area contributed by atoms with E-state index in [9.17, 15) is 4.79 Å². The number of piperidine rings is 1. The summed E-state index contributed by atoms with van der Waals surface area (Å²) in [7, 11) is 1.38. The summed E-state index contributed by atoms with van der Waals surface area (Å²) in [5.41, 5.74) is 7.82. The smallest absolute Gasteiger partial charge is 0.340 e. The van der Waals surface area contributed by atoms with E-state index < -0.39 is 0 Å². The Balaban J connectivity index is 2.12. The topological polar surface area (TPSA) is 55.6 Å².